The molecule has 2 aromatic carbocycles. The number of amides is 1. The Morgan fingerprint density at radius 2 is 1.77 bits per heavy atom. The lowest BCUT2D eigenvalue weighted by Crippen LogP contribution is -2.07. The number of benzene rings is 2. The minimum absolute atomic E-state index is 0.0887. The maximum Gasteiger partial charge on any atom is 0.409 e. The van der Waals surface area contributed by atoms with Gasteiger partial charge in [-0.05, 0) is 23.3 Å². The van der Waals surface area contributed by atoms with Crippen molar-refractivity contribution >= 4 is 29.2 Å². The summed E-state index contributed by atoms with van der Waals surface area (Å²) in [4.78, 5) is 20.9. The minimum Gasteiger partial charge on any atom is -0.465 e. The summed E-state index contributed by atoms with van der Waals surface area (Å²) in [5.74, 6) is 1.34. The monoisotopic (exact) mass is 318 g/mol. The van der Waals surface area contributed by atoms with E-state index in [1.165, 1.54) is 6.07 Å². The fraction of sp³-hybridized carbons (Fsp3) is 0.133. The Balaban J connectivity index is 1.92. The SMILES string of the molecule is O=C(O)Nc1cccc(CSCc2cccc([N+](=O)[O-])c2)c1. The van der Waals surface area contributed by atoms with Crippen molar-refractivity contribution in [2.24, 2.45) is 0 Å². The lowest BCUT2D eigenvalue weighted by atomic mass is 10.2. The Morgan fingerprint density at radius 3 is 2.41 bits per heavy atom. The van der Waals surface area contributed by atoms with Crippen LogP contribution >= 0.6 is 11.8 Å². The van der Waals surface area contributed by atoms with E-state index in [1.54, 1.807) is 42.1 Å². The third-order valence-electron chi connectivity index (χ3n) is 2.84. The summed E-state index contributed by atoms with van der Waals surface area (Å²) in [5.41, 5.74) is 2.49. The van der Waals surface area contributed by atoms with Gasteiger partial charge in [-0.1, -0.05) is 24.3 Å². The first kappa shape index (κ1) is 15.8. The number of nitrogens with zero attached hydrogens (tertiary/aromatic N) is 1. The second kappa shape index (κ2) is 7.46. The van der Waals surface area contributed by atoms with Gasteiger partial charge in [0.1, 0.15) is 0 Å². The quantitative estimate of drug-likeness (QED) is 0.617. The molecule has 0 aliphatic rings. The van der Waals surface area contributed by atoms with Gasteiger partial charge in [0.15, 0.2) is 0 Å². The van der Waals surface area contributed by atoms with E-state index < -0.39 is 11.0 Å². The molecule has 7 heteroatoms. The third-order valence-corrected chi connectivity index (χ3v) is 3.91. The van der Waals surface area contributed by atoms with E-state index in [0.717, 1.165) is 11.1 Å². The number of hydrogen-bond donors (Lipinski definition) is 2. The molecular formula is C15H14N2O4S. The first-order valence-electron chi connectivity index (χ1n) is 6.44. The van der Waals surface area contributed by atoms with Gasteiger partial charge in [0.25, 0.3) is 5.69 Å². The van der Waals surface area contributed by atoms with Crippen LogP contribution in [0.3, 0.4) is 0 Å². The molecule has 0 heterocycles. The average Bonchev–Trinajstić information content (AvgIpc) is 2.47. The molecular weight excluding hydrogens is 304 g/mol. The fourth-order valence-electron chi connectivity index (χ4n) is 1.91. The highest BCUT2D eigenvalue weighted by atomic mass is 32.2. The largest absolute Gasteiger partial charge is 0.465 e. The normalized spacial score (nSPS) is 10.2. The summed E-state index contributed by atoms with van der Waals surface area (Å²) < 4.78 is 0. The van der Waals surface area contributed by atoms with Gasteiger partial charge in [0.05, 0.1) is 4.92 Å². The minimum atomic E-state index is -1.10. The van der Waals surface area contributed by atoms with Crippen molar-refractivity contribution in [3.8, 4) is 0 Å². The summed E-state index contributed by atoms with van der Waals surface area (Å²) in [6.45, 7) is 0. The number of hydrogen-bond acceptors (Lipinski definition) is 4. The number of anilines is 1. The van der Waals surface area contributed by atoms with Crippen LogP contribution in [0.2, 0.25) is 0 Å². The summed E-state index contributed by atoms with van der Waals surface area (Å²) in [6.07, 6.45) is -1.10. The molecule has 22 heavy (non-hydrogen) atoms. The molecule has 0 fully saturated rings. The predicted octanol–water partition coefficient (Wildman–Crippen LogP) is 4.12. The molecule has 0 saturated heterocycles. The van der Waals surface area contributed by atoms with Crippen LogP contribution < -0.4 is 5.32 Å². The summed E-state index contributed by atoms with van der Waals surface area (Å²) in [5, 5.41) is 21.7. The van der Waals surface area contributed by atoms with Gasteiger partial charge < -0.3 is 5.11 Å². The number of nitro groups is 1. The van der Waals surface area contributed by atoms with Crippen molar-refractivity contribution in [1.82, 2.24) is 0 Å². The molecule has 2 N–H and O–H groups in total. The lowest BCUT2D eigenvalue weighted by molar-refractivity contribution is -0.384. The van der Waals surface area contributed by atoms with E-state index in [4.69, 9.17) is 5.11 Å². The van der Waals surface area contributed by atoms with Crippen molar-refractivity contribution in [1.29, 1.82) is 0 Å². The Bertz CT molecular complexity index is 691. The molecule has 2 aromatic rings. The molecule has 0 spiro atoms. The number of nitrogens with one attached hydrogen (secondary N) is 1. The fourth-order valence-corrected chi connectivity index (χ4v) is 2.84. The third kappa shape index (κ3) is 4.78. The maximum atomic E-state index is 10.7. The van der Waals surface area contributed by atoms with E-state index in [-0.39, 0.29) is 5.69 Å². The zero-order chi connectivity index (χ0) is 15.9. The van der Waals surface area contributed by atoms with E-state index in [9.17, 15) is 14.9 Å². The van der Waals surface area contributed by atoms with Crippen LogP contribution in [0.5, 0.6) is 0 Å². The molecule has 0 saturated carbocycles. The molecule has 0 aliphatic carbocycles. The van der Waals surface area contributed by atoms with E-state index in [1.807, 2.05) is 12.1 Å². The Labute approximate surface area is 131 Å². The molecule has 0 atom stereocenters. The summed E-state index contributed by atoms with van der Waals surface area (Å²) in [7, 11) is 0. The zero-order valence-corrected chi connectivity index (χ0v) is 12.4. The van der Waals surface area contributed by atoms with Crippen molar-refractivity contribution in [2.75, 3.05) is 5.32 Å². The maximum absolute atomic E-state index is 10.7. The number of carbonyl (C=O) groups is 1. The van der Waals surface area contributed by atoms with Crippen LogP contribution in [0.25, 0.3) is 0 Å². The van der Waals surface area contributed by atoms with Crippen LogP contribution in [-0.4, -0.2) is 16.1 Å². The van der Waals surface area contributed by atoms with Gasteiger partial charge in [0.2, 0.25) is 0 Å². The smallest absolute Gasteiger partial charge is 0.409 e. The summed E-state index contributed by atoms with van der Waals surface area (Å²) in [6, 6.07) is 13.7. The van der Waals surface area contributed by atoms with E-state index >= 15 is 0 Å². The van der Waals surface area contributed by atoms with E-state index in [2.05, 4.69) is 5.32 Å². The van der Waals surface area contributed by atoms with Crippen molar-refractivity contribution in [3.63, 3.8) is 0 Å². The molecule has 114 valence electrons. The van der Waals surface area contributed by atoms with Gasteiger partial charge in [-0.25, -0.2) is 4.79 Å². The number of nitro benzene ring substituents is 1. The van der Waals surface area contributed by atoms with Crippen LogP contribution in [0.1, 0.15) is 11.1 Å². The van der Waals surface area contributed by atoms with Crippen LogP contribution in [0, 0.1) is 10.1 Å². The number of thioether (sulfide) groups is 1. The highest BCUT2D eigenvalue weighted by Gasteiger charge is 2.06. The summed E-state index contributed by atoms with van der Waals surface area (Å²) >= 11 is 1.61. The average molecular weight is 318 g/mol. The highest BCUT2D eigenvalue weighted by Crippen LogP contribution is 2.22. The topological polar surface area (TPSA) is 92.5 Å². The number of carboxylic acid groups (broad SMARTS) is 1. The van der Waals surface area contributed by atoms with Gasteiger partial charge in [-0.15, -0.1) is 0 Å². The number of rotatable bonds is 6. The lowest BCUT2D eigenvalue weighted by Gasteiger charge is -2.05. The molecule has 0 bridgehead atoms. The van der Waals surface area contributed by atoms with Gasteiger partial charge in [-0.2, -0.15) is 11.8 Å². The van der Waals surface area contributed by atoms with Crippen LogP contribution in [0.4, 0.5) is 16.2 Å². The Kier molecular flexibility index (Phi) is 5.37. The second-order valence-corrected chi connectivity index (χ2v) is 5.54. The second-order valence-electron chi connectivity index (χ2n) is 4.55. The van der Waals surface area contributed by atoms with Gasteiger partial charge >= 0.3 is 6.09 Å². The molecule has 0 unspecified atom stereocenters. The van der Waals surface area contributed by atoms with Gasteiger partial charge in [-0.3, -0.25) is 15.4 Å². The molecule has 0 aliphatic heterocycles. The van der Waals surface area contributed by atoms with Crippen molar-refractivity contribution < 1.29 is 14.8 Å². The zero-order valence-electron chi connectivity index (χ0n) is 11.6. The number of non-ortho nitro benzene ring substituents is 1. The Hall–Kier alpha value is -2.54. The van der Waals surface area contributed by atoms with Crippen molar-refractivity contribution in [2.45, 2.75) is 11.5 Å². The molecule has 1 amide bonds. The van der Waals surface area contributed by atoms with Crippen LogP contribution in [-0.2, 0) is 11.5 Å². The molecule has 6 nitrogen and oxygen atoms in total. The van der Waals surface area contributed by atoms with Crippen molar-refractivity contribution in [3.05, 3.63) is 69.8 Å². The predicted molar refractivity (Wildman–Crippen MR) is 86.2 cm³/mol. The molecule has 0 aromatic heterocycles. The first-order chi connectivity index (χ1) is 10.5. The Morgan fingerprint density at radius 1 is 1.14 bits per heavy atom. The highest BCUT2D eigenvalue weighted by molar-refractivity contribution is 7.97. The molecule has 2 rings (SSSR count). The van der Waals surface area contributed by atoms with Crippen LogP contribution in [0.15, 0.2) is 48.5 Å². The standard InChI is InChI=1S/C15H14N2O4S/c18-15(19)16-13-5-1-3-11(7-13)9-22-10-12-4-2-6-14(8-12)17(20)21/h1-8,16H,9-10H2,(H,18,19). The first-order valence-corrected chi connectivity index (χ1v) is 7.60. The van der Waals surface area contributed by atoms with Gasteiger partial charge in [0, 0.05) is 29.3 Å². The molecule has 0 radical (unpaired) electrons. The van der Waals surface area contributed by atoms with E-state index in [0.29, 0.717) is 17.2 Å².